The smallest absolute Gasteiger partial charge is 0.238 e. The molecule has 0 heterocycles. The Hall–Kier alpha value is -2.27. The zero-order valence-corrected chi connectivity index (χ0v) is 12.6. The van der Waals surface area contributed by atoms with Crippen LogP contribution in [0.2, 0.25) is 0 Å². The van der Waals surface area contributed by atoms with Gasteiger partial charge in [-0.2, -0.15) is 0 Å². The van der Waals surface area contributed by atoms with Crippen LogP contribution in [-0.4, -0.2) is 24.4 Å². The van der Waals surface area contributed by atoms with Crippen LogP contribution in [-0.2, 0) is 11.3 Å². The molecule has 0 bridgehead atoms. The minimum atomic E-state index is -0.610. The number of para-hydroxylation sites is 1. The van der Waals surface area contributed by atoms with Crippen molar-refractivity contribution in [1.29, 1.82) is 0 Å². The van der Waals surface area contributed by atoms with Crippen molar-refractivity contribution < 1.29 is 13.6 Å². The van der Waals surface area contributed by atoms with Crippen LogP contribution in [0.1, 0.15) is 11.1 Å². The molecular formula is C17H18F2N2O. The van der Waals surface area contributed by atoms with Crippen molar-refractivity contribution in [3.05, 3.63) is 65.2 Å². The molecule has 0 spiro atoms. The van der Waals surface area contributed by atoms with E-state index in [0.29, 0.717) is 5.56 Å². The van der Waals surface area contributed by atoms with E-state index < -0.39 is 11.6 Å². The molecule has 0 aliphatic carbocycles. The molecule has 2 aromatic rings. The Morgan fingerprint density at radius 3 is 2.59 bits per heavy atom. The normalized spacial score (nSPS) is 10.8. The van der Waals surface area contributed by atoms with Gasteiger partial charge in [-0.15, -0.1) is 0 Å². The van der Waals surface area contributed by atoms with Crippen LogP contribution in [0, 0.1) is 18.6 Å². The van der Waals surface area contributed by atoms with E-state index in [0.717, 1.165) is 17.3 Å². The van der Waals surface area contributed by atoms with Crippen LogP contribution in [0.25, 0.3) is 0 Å². The molecule has 0 fully saturated rings. The first-order valence-electron chi connectivity index (χ1n) is 6.93. The van der Waals surface area contributed by atoms with E-state index in [1.165, 1.54) is 12.1 Å². The number of carbonyl (C=O) groups is 1. The maximum atomic E-state index is 13.6. The predicted octanol–water partition coefficient (Wildman–Crippen LogP) is 3.34. The highest BCUT2D eigenvalue weighted by atomic mass is 19.1. The zero-order chi connectivity index (χ0) is 16.1. The van der Waals surface area contributed by atoms with E-state index in [2.05, 4.69) is 5.32 Å². The molecule has 5 heteroatoms. The van der Waals surface area contributed by atoms with Gasteiger partial charge in [0.2, 0.25) is 5.91 Å². The fourth-order valence-corrected chi connectivity index (χ4v) is 2.14. The number of carbonyl (C=O) groups excluding carboxylic acids is 1. The summed E-state index contributed by atoms with van der Waals surface area (Å²) in [5, 5.41) is 2.82. The van der Waals surface area contributed by atoms with Crippen molar-refractivity contribution in [3.63, 3.8) is 0 Å². The van der Waals surface area contributed by atoms with Crippen LogP contribution >= 0.6 is 0 Å². The molecule has 0 unspecified atom stereocenters. The summed E-state index contributed by atoms with van der Waals surface area (Å²) >= 11 is 0. The van der Waals surface area contributed by atoms with Gasteiger partial charge in [-0.1, -0.05) is 24.3 Å². The number of rotatable bonds is 5. The highest BCUT2D eigenvalue weighted by Gasteiger charge is 2.11. The Bertz CT molecular complexity index is 673. The summed E-state index contributed by atoms with van der Waals surface area (Å²) in [7, 11) is 1.71. The summed E-state index contributed by atoms with van der Waals surface area (Å²) in [4.78, 5) is 13.7. The first-order chi connectivity index (χ1) is 10.5. The Labute approximate surface area is 128 Å². The Morgan fingerprint density at radius 1 is 1.18 bits per heavy atom. The van der Waals surface area contributed by atoms with Gasteiger partial charge in [-0.25, -0.2) is 8.78 Å². The van der Waals surface area contributed by atoms with Crippen molar-refractivity contribution in [2.75, 3.05) is 18.9 Å². The number of benzene rings is 2. The maximum absolute atomic E-state index is 13.6. The molecular weight excluding hydrogens is 286 g/mol. The van der Waals surface area contributed by atoms with E-state index >= 15 is 0 Å². The molecule has 22 heavy (non-hydrogen) atoms. The summed E-state index contributed by atoms with van der Waals surface area (Å²) in [5.41, 5.74) is 2.09. The summed E-state index contributed by atoms with van der Waals surface area (Å²) in [6.45, 7) is 2.26. The second-order valence-corrected chi connectivity index (χ2v) is 5.27. The summed E-state index contributed by atoms with van der Waals surface area (Å²) in [5.74, 6) is -1.40. The van der Waals surface area contributed by atoms with E-state index in [-0.39, 0.29) is 19.0 Å². The lowest BCUT2D eigenvalue weighted by Crippen LogP contribution is -2.30. The monoisotopic (exact) mass is 304 g/mol. The highest BCUT2D eigenvalue weighted by molar-refractivity contribution is 5.92. The fourth-order valence-electron chi connectivity index (χ4n) is 2.14. The van der Waals surface area contributed by atoms with Crippen molar-refractivity contribution in [2.45, 2.75) is 13.5 Å². The van der Waals surface area contributed by atoms with Crippen LogP contribution in [0.15, 0.2) is 42.5 Å². The highest BCUT2D eigenvalue weighted by Crippen LogP contribution is 2.14. The number of halogens is 2. The van der Waals surface area contributed by atoms with Gasteiger partial charge in [0.1, 0.15) is 11.6 Å². The summed E-state index contributed by atoms with van der Waals surface area (Å²) in [6, 6.07) is 10.9. The topological polar surface area (TPSA) is 32.3 Å². The minimum Gasteiger partial charge on any atom is -0.325 e. The molecule has 0 aliphatic heterocycles. The average Bonchev–Trinajstić information content (AvgIpc) is 2.44. The van der Waals surface area contributed by atoms with Crippen molar-refractivity contribution in [3.8, 4) is 0 Å². The third-order valence-corrected chi connectivity index (χ3v) is 3.29. The molecule has 1 amide bonds. The SMILES string of the molecule is Cc1ccccc1NC(=O)CN(C)Cc1ccc(F)cc1F. The number of nitrogens with zero attached hydrogens (tertiary/aromatic N) is 1. The minimum absolute atomic E-state index is 0.116. The fraction of sp³-hybridized carbons (Fsp3) is 0.235. The molecule has 0 saturated carbocycles. The third-order valence-electron chi connectivity index (χ3n) is 3.29. The van der Waals surface area contributed by atoms with Crippen molar-refractivity contribution >= 4 is 11.6 Å². The van der Waals surface area contributed by atoms with Gasteiger partial charge >= 0.3 is 0 Å². The molecule has 2 aromatic carbocycles. The molecule has 116 valence electrons. The second-order valence-electron chi connectivity index (χ2n) is 5.27. The van der Waals surface area contributed by atoms with Crippen LogP contribution in [0.4, 0.5) is 14.5 Å². The number of aryl methyl sites for hydroxylation is 1. The average molecular weight is 304 g/mol. The lowest BCUT2D eigenvalue weighted by molar-refractivity contribution is -0.117. The van der Waals surface area contributed by atoms with E-state index in [1.807, 2.05) is 31.2 Å². The van der Waals surface area contributed by atoms with Gasteiger partial charge < -0.3 is 5.32 Å². The molecule has 0 radical (unpaired) electrons. The number of hydrogen-bond donors (Lipinski definition) is 1. The first kappa shape index (κ1) is 16.1. The second kappa shape index (κ2) is 7.13. The Morgan fingerprint density at radius 2 is 1.91 bits per heavy atom. The van der Waals surface area contributed by atoms with Crippen molar-refractivity contribution in [1.82, 2.24) is 4.90 Å². The van der Waals surface area contributed by atoms with E-state index in [1.54, 1.807) is 11.9 Å². The number of amides is 1. The molecule has 2 rings (SSSR count). The number of likely N-dealkylation sites (N-methyl/N-ethyl adjacent to an activating group) is 1. The maximum Gasteiger partial charge on any atom is 0.238 e. The van der Waals surface area contributed by atoms with E-state index in [4.69, 9.17) is 0 Å². The zero-order valence-electron chi connectivity index (χ0n) is 12.6. The predicted molar refractivity (Wildman–Crippen MR) is 82.5 cm³/mol. The van der Waals surface area contributed by atoms with Gasteiger partial charge in [0.25, 0.3) is 0 Å². The summed E-state index contributed by atoms with van der Waals surface area (Å²) in [6.07, 6.45) is 0. The van der Waals surface area contributed by atoms with Crippen molar-refractivity contribution in [2.24, 2.45) is 0 Å². The molecule has 0 aromatic heterocycles. The third kappa shape index (κ3) is 4.36. The standard InChI is InChI=1S/C17H18F2N2O/c1-12-5-3-4-6-16(12)20-17(22)11-21(2)10-13-7-8-14(18)9-15(13)19/h3-9H,10-11H2,1-2H3,(H,20,22). The lowest BCUT2D eigenvalue weighted by Gasteiger charge is -2.17. The Balaban J connectivity index is 1.92. The molecule has 1 N–H and O–H groups in total. The Kier molecular flexibility index (Phi) is 5.22. The van der Waals surface area contributed by atoms with Gasteiger partial charge in [-0.05, 0) is 31.7 Å². The quantitative estimate of drug-likeness (QED) is 0.919. The molecule has 0 saturated heterocycles. The lowest BCUT2D eigenvalue weighted by atomic mass is 10.2. The van der Waals surface area contributed by atoms with Gasteiger partial charge in [0.05, 0.1) is 6.54 Å². The molecule has 0 aliphatic rings. The largest absolute Gasteiger partial charge is 0.325 e. The summed E-state index contributed by atoms with van der Waals surface area (Å²) < 4.78 is 26.4. The number of hydrogen-bond acceptors (Lipinski definition) is 2. The van der Waals surface area contributed by atoms with Crippen LogP contribution < -0.4 is 5.32 Å². The van der Waals surface area contributed by atoms with Crippen LogP contribution in [0.5, 0.6) is 0 Å². The first-order valence-corrected chi connectivity index (χ1v) is 6.93. The number of anilines is 1. The van der Waals surface area contributed by atoms with Crippen LogP contribution in [0.3, 0.4) is 0 Å². The molecule has 0 atom stereocenters. The van der Waals surface area contributed by atoms with E-state index in [9.17, 15) is 13.6 Å². The number of nitrogens with one attached hydrogen (secondary N) is 1. The molecule has 3 nitrogen and oxygen atoms in total. The van der Waals surface area contributed by atoms with Gasteiger partial charge in [-0.3, -0.25) is 9.69 Å². The van der Waals surface area contributed by atoms with Gasteiger partial charge in [0, 0.05) is 23.9 Å². The van der Waals surface area contributed by atoms with Gasteiger partial charge in [0.15, 0.2) is 0 Å².